The molecule has 1 amide bonds. The van der Waals surface area contributed by atoms with Gasteiger partial charge in [0.1, 0.15) is 0 Å². The molecular formula is C19H30ClN3O3S. The summed E-state index contributed by atoms with van der Waals surface area (Å²) in [5, 5.41) is 6.31. The van der Waals surface area contributed by atoms with E-state index in [1.807, 2.05) is 12.1 Å². The van der Waals surface area contributed by atoms with E-state index in [2.05, 4.69) is 10.6 Å². The average Bonchev–Trinajstić information content (AvgIpc) is 3.34. The van der Waals surface area contributed by atoms with Gasteiger partial charge in [0.15, 0.2) is 0 Å². The highest BCUT2D eigenvalue weighted by atomic mass is 35.5. The molecule has 8 heteroatoms. The smallest absolute Gasteiger partial charge is 0.243 e. The molecule has 152 valence electrons. The second-order valence-electron chi connectivity index (χ2n) is 7.25. The van der Waals surface area contributed by atoms with Gasteiger partial charge in [0.25, 0.3) is 0 Å². The zero-order valence-electron chi connectivity index (χ0n) is 15.7. The van der Waals surface area contributed by atoms with E-state index in [9.17, 15) is 13.2 Å². The van der Waals surface area contributed by atoms with Gasteiger partial charge in [-0.1, -0.05) is 12.1 Å². The lowest BCUT2D eigenvalue weighted by molar-refractivity contribution is -0.121. The lowest BCUT2D eigenvalue weighted by Gasteiger charge is -2.15. The molecule has 0 aromatic heterocycles. The van der Waals surface area contributed by atoms with Gasteiger partial charge in [-0.2, -0.15) is 4.31 Å². The number of halogens is 1. The Morgan fingerprint density at radius 1 is 1.19 bits per heavy atom. The molecule has 0 spiro atoms. The zero-order chi connectivity index (χ0) is 18.4. The summed E-state index contributed by atoms with van der Waals surface area (Å²) in [5.41, 5.74) is 0.987. The number of aryl methyl sites for hydroxylation is 1. The van der Waals surface area contributed by atoms with Crippen molar-refractivity contribution in [3.05, 3.63) is 29.8 Å². The van der Waals surface area contributed by atoms with Crippen LogP contribution in [-0.4, -0.2) is 51.4 Å². The molecule has 2 heterocycles. The first-order chi connectivity index (χ1) is 12.6. The molecule has 2 saturated heterocycles. The van der Waals surface area contributed by atoms with Crippen LogP contribution in [0, 0.1) is 5.92 Å². The molecule has 2 aliphatic heterocycles. The molecule has 0 radical (unpaired) electrons. The van der Waals surface area contributed by atoms with Crippen LogP contribution in [0.1, 0.15) is 37.7 Å². The molecule has 2 N–H and O–H groups in total. The fourth-order valence-electron chi connectivity index (χ4n) is 3.63. The molecule has 1 aromatic rings. The van der Waals surface area contributed by atoms with E-state index in [4.69, 9.17) is 0 Å². The topological polar surface area (TPSA) is 78.5 Å². The van der Waals surface area contributed by atoms with E-state index in [-0.39, 0.29) is 18.3 Å². The van der Waals surface area contributed by atoms with Crippen LogP contribution >= 0.6 is 12.4 Å². The first kappa shape index (κ1) is 22.1. The molecular weight excluding hydrogens is 386 g/mol. The number of nitrogens with zero attached hydrogens (tertiary/aromatic N) is 1. The Kier molecular flexibility index (Phi) is 8.54. The first-order valence-corrected chi connectivity index (χ1v) is 11.1. The summed E-state index contributed by atoms with van der Waals surface area (Å²) in [5.74, 6) is 0.741. The number of benzene rings is 1. The van der Waals surface area contributed by atoms with E-state index < -0.39 is 10.0 Å². The first-order valence-electron chi connectivity index (χ1n) is 9.62. The number of hydrogen-bond donors (Lipinski definition) is 2. The largest absolute Gasteiger partial charge is 0.356 e. The highest BCUT2D eigenvalue weighted by Gasteiger charge is 2.26. The third-order valence-corrected chi connectivity index (χ3v) is 7.22. The quantitative estimate of drug-likeness (QED) is 0.680. The summed E-state index contributed by atoms with van der Waals surface area (Å²) in [6.45, 7) is 4.10. The number of hydrogen-bond acceptors (Lipinski definition) is 4. The summed E-state index contributed by atoms with van der Waals surface area (Å²) in [7, 11) is -3.36. The maximum absolute atomic E-state index is 12.5. The Morgan fingerprint density at radius 2 is 1.89 bits per heavy atom. The molecule has 0 aliphatic carbocycles. The van der Waals surface area contributed by atoms with Gasteiger partial charge in [-0.05, 0) is 68.8 Å². The molecule has 2 fully saturated rings. The molecule has 27 heavy (non-hydrogen) atoms. The van der Waals surface area contributed by atoms with Gasteiger partial charge in [-0.25, -0.2) is 8.42 Å². The number of amides is 1. The summed E-state index contributed by atoms with van der Waals surface area (Å²) in [6.07, 6.45) is 5.15. The minimum absolute atomic E-state index is 0. The van der Waals surface area contributed by atoms with E-state index >= 15 is 0 Å². The fraction of sp³-hybridized carbons (Fsp3) is 0.632. The van der Waals surface area contributed by atoms with Crippen molar-refractivity contribution in [3.8, 4) is 0 Å². The van der Waals surface area contributed by atoms with Gasteiger partial charge in [0.2, 0.25) is 15.9 Å². The van der Waals surface area contributed by atoms with Crippen LogP contribution < -0.4 is 10.6 Å². The monoisotopic (exact) mass is 415 g/mol. The van der Waals surface area contributed by atoms with Crippen LogP contribution in [0.3, 0.4) is 0 Å². The SMILES string of the molecule is Cl.O=C(CCc1ccc(S(=O)(=O)N2CCCC2)cc1)NCCC1CCNC1. The average molecular weight is 416 g/mol. The van der Waals surface area contributed by atoms with E-state index in [0.29, 0.717) is 36.7 Å². The van der Waals surface area contributed by atoms with Crippen molar-refractivity contribution in [2.24, 2.45) is 5.92 Å². The Morgan fingerprint density at radius 3 is 2.52 bits per heavy atom. The van der Waals surface area contributed by atoms with Crippen molar-refractivity contribution in [2.45, 2.75) is 43.4 Å². The van der Waals surface area contributed by atoms with Gasteiger partial charge in [-0.3, -0.25) is 4.79 Å². The second kappa shape index (κ2) is 10.4. The highest BCUT2D eigenvalue weighted by Crippen LogP contribution is 2.21. The summed E-state index contributed by atoms with van der Waals surface area (Å²) in [4.78, 5) is 12.3. The number of carbonyl (C=O) groups is 1. The van der Waals surface area contributed by atoms with E-state index in [0.717, 1.165) is 44.5 Å². The summed E-state index contributed by atoms with van der Waals surface area (Å²) in [6, 6.07) is 6.96. The van der Waals surface area contributed by atoms with Gasteiger partial charge >= 0.3 is 0 Å². The maximum Gasteiger partial charge on any atom is 0.243 e. The maximum atomic E-state index is 12.5. The van der Waals surface area contributed by atoms with Gasteiger partial charge in [0, 0.05) is 26.1 Å². The fourth-order valence-corrected chi connectivity index (χ4v) is 5.15. The molecule has 6 nitrogen and oxygen atoms in total. The van der Waals surface area contributed by atoms with Crippen LogP contribution in [0.4, 0.5) is 0 Å². The van der Waals surface area contributed by atoms with E-state index in [1.54, 1.807) is 16.4 Å². The molecule has 0 saturated carbocycles. The van der Waals surface area contributed by atoms with Crippen molar-refractivity contribution in [2.75, 3.05) is 32.7 Å². The zero-order valence-corrected chi connectivity index (χ0v) is 17.3. The van der Waals surface area contributed by atoms with Gasteiger partial charge in [-0.15, -0.1) is 12.4 Å². The standard InChI is InChI=1S/C19H29N3O3S.ClH/c23-19(21-12-10-17-9-11-20-15-17)8-5-16-3-6-18(7-4-16)26(24,25)22-13-1-2-14-22;/h3-4,6-7,17,20H,1-2,5,8-15H2,(H,21,23);1H. The van der Waals surface area contributed by atoms with Crippen LogP contribution in [0.5, 0.6) is 0 Å². The van der Waals surface area contributed by atoms with Crippen molar-refractivity contribution >= 4 is 28.3 Å². The van der Waals surface area contributed by atoms with Crippen LogP contribution in [0.2, 0.25) is 0 Å². The Labute approximate surface area is 168 Å². The van der Waals surface area contributed by atoms with Crippen LogP contribution in [0.15, 0.2) is 29.2 Å². The number of rotatable bonds is 8. The predicted octanol–water partition coefficient (Wildman–Crippen LogP) is 1.94. The molecule has 1 aromatic carbocycles. The van der Waals surface area contributed by atoms with Crippen molar-refractivity contribution in [3.63, 3.8) is 0 Å². The van der Waals surface area contributed by atoms with Crippen molar-refractivity contribution in [1.82, 2.24) is 14.9 Å². The van der Waals surface area contributed by atoms with Gasteiger partial charge < -0.3 is 10.6 Å². The normalized spacial score (nSPS) is 20.4. The third kappa shape index (κ3) is 6.17. The Bertz CT molecular complexity index is 697. The lowest BCUT2D eigenvalue weighted by Crippen LogP contribution is -2.27. The molecule has 3 rings (SSSR count). The van der Waals surface area contributed by atoms with Crippen LogP contribution in [-0.2, 0) is 21.2 Å². The third-order valence-electron chi connectivity index (χ3n) is 5.30. The molecule has 2 aliphatic rings. The second-order valence-corrected chi connectivity index (χ2v) is 9.19. The number of sulfonamides is 1. The number of carbonyl (C=O) groups excluding carboxylic acids is 1. The summed E-state index contributed by atoms with van der Waals surface area (Å²) >= 11 is 0. The van der Waals surface area contributed by atoms with Crippen molar-refractivity contribution in [1.29, 1.82) is 0 Å². The molecule has 1 atom stereocenters. The highest BCUT2D eigenvalue weighted by molar-refractivity contribution is 7.89. The lowest BCUT2D eigenvalue weighted by atomic mass is 10.1. The van der Waals surface area contributed by atoms with Gasteiger partial charge in [0.05, 0.1) is 4.90 Å². The molecule has 0 bridgehead atoms. The Hall–Kier alpha value is -1.15. The minimum Gasteiger partial charge on any atom is -0.356 e. The van der Waals surface area contributed by atoms with E-state index in [1.165, 1.54) is 6.42 Å². The molecule has 1 unspecified atom stereocenters. The Balaban J connectivity index is 0.00000261. The minimum atomic E-state index is -3.36. The predicted molar refractivity (Wildman–Crippen MR) is 109 cm³/mol. The van der Waals surface area contributed by atoms with Crippen molar-refractivity contribution < 1.29 is 13.2 Å². The number of nitrogens with one attached hydrogen (secondary N) is 2. The van der Waals surface area contributed by atoms with Crippen LogP contribution in [0.25, 0.3) is 0 Å². The summed E-state index contributed by atoms with van der Waals surface area (Å²) < 4.78 is 26.5.